The van der Waals surface area contributed by atoms with E-state index in [1.165, 1.54) is 10.6 Å². The number of rotatable bonds is 2. The molecule has 17 heavy (non-hydrogen) atoms. The summed E-state index contributed by atoms with van der Waals surface area (Å²) in [6.45, 7) is 6.93. The molecule has 0 fully saturated rings. The Morgan fingerprint density at radius 2 is 1.35 bits per heavy atom. The minimum absolute atomic E-state index is 0.262. The van der Waals surface area contributed by atoms with Crippen molar-refractivity contribution < 1.29 is 0 Å². The van der Waals surface area contributed by atoms with Crippen LogP contribution in [-0.2, 0) is 0 Å². The molecule has 0 radical (unpaired) electrons. The average Bonchev–Trinajstić information content (AvgIpc) is 2.30. The monoisotopic (exact) mass is 243 g/mol. The molecule has 0 aliphatic heterocycles. The number of hydrogen-bond acceptors (Lipinski definition) is 1. The molecule has 0 aliphatic carbocycles. The zero-order valence-corrected chi connectivity index (χ0v) is 11.5. The van der Waals surface area contributed by atoms with Crippen LogP contribution in [0.25, 0.3) is 0 Å². The van der Waals surface area contributed by atoms with Crippen LogP contribution in [-0.4, -0.2) is 10.1 Å². The number of pyridine rings is 1. The fourth-order valence-corrected chi connectivity index (χ4v) is 4.74. The molecule has 1 aromatic carbocycles. The molecule has 1 unspecified atom stereocenters. The first-order valence-corrected chi connectivity index (χ1v) is 7.18. The Hall–Kier alpha value is -1.20. The summed E-state index contributed by atoms with van der Waals surface area (Å²) in [5.41, 5.74) is 0. The molecule has 1 atom stereocenters. The van der Waals surface area contributed by atoms with Crippen molar-refractivity contribution in [2.24, 2.45) is 0 Å². The lowest BCUT2D eigenvalue weighted by Gasteiger charge is -2.32. The zero-order valence-electron chi connectivity index (χ0n) is 10.6. The third-order valence-electron chi connectivity index (χ3n) is 2.61. The van der Waals surface area contributed by atoms with Gasteiger partial charge in [0.2, 0.25) is 0 Å². The van der Waals surface area contributed by atoms with Crippen molar-refractivity contribution in [3.05, 3.63) is 54.9 Å². The first kappa shape index (κ1) is 12.3. The maximum atomic E-state index is 4.11. The van der Waals surface area contributed by atoms with Crippen molar-refractivity contribution >= 4 is 18.5 Å². The topological polar surface area (TPSA) is 12.9 Å². The van der Waals surface area contributed by atoms with Crippen LogP contribution in [0.5, 0.6) is 0 Å². The molecule has 2 rings (SSSR count). The van der Waals surface area contributed by atoms with Crippen molar-refractivity contribution in [1.29, 1.82) is 0 Å². The molecule has 0 amide bonds. The first-order chi connectivity index (χ1) is 8.09. The van der Waals surface area contributed by atoms with E-state index in [4.69, 9.17) is 0 Å². The van der Waals surface area contributed by atoms with Crippen molar-refractivity contribution in [1.82, 2.24) is 4.98 Å². The van der Waals surface area contributed by atoms with Crippen molar-refractivity contribution in [2.45, 2.75) is 25.9 Å². The predicted molar refractivity (Wildman–Crippen MR) is 76.6 cm³/mol. The molecule has 0 saturated carbocycles. The summed E-state index contributed by atoms with van der Waals surface area (Å²) in [4.78, 5) is 4.11. The van der Waals surface area contributed by atoms with Crippen LogP contribution in [0.3, 0.4) is 0 Å². The van der Waals surface area contributed by atoms with Gasteiger partial charge in [0, 0.05) is 12.4 Å². The summed E-state index contributed by atoms with van der Waals surface area (Å²) < 4.78 is 0. The Labute approximate surface area is 105 Å². The van der Waals surface area contributed by atoms with Crippen LogP contribution < -0.4 is 10.6 Å². The molecule has 0 spiro atoms. The maximum absolute atomic E-state index is 4.11. The Bertz CT molecular complexity index is 420. The van der Waals surface area contributed by atoms with E-state index >= 15 is 0 Å². The van der Waals surface area contributed by atoms with Crippen molar-refractivity contribution in [2.75, 3.05) is 0 Å². The standard InChI is InChI=1S/C15H18NP/c1-15(2,3)17(13-7-5-4-6-8-13)14-9-11-16-12-10-14/h4-12H,1-3H3. The highest BCUT2D eigenvalue weighted by Crippen LogP contribution is 2.46. The third kappa shape index (κ3) is 2.92. The average molecular weight is 243 g/mol. The Morgan fingerprint density at radius 1 is 0.824 bits per heavy atom. The lowest BCUT2D eigenvalue weighted by Crippen LogP contribution is -2.26. The third-order valence-corrected chi connectivity index (χ3v) is 5.58. The summed E-state index contributed by atoms with van der Waals surface area (Å²) in [6.07, 6.45) is 3.78. The molecule has 0 bridgehead atoms. The lowest BCUT2D eigenvalue weighted by atomic mass is 10.3. The van der Waals surface area contributed by atoms with E-state index in [2.05, 4.69) is 68.2 Å². The fraction of sp³-hybridized carbons (Fsp3) is 0.267. The Balaban J connectivity index is 2.48. The van der Waals surface area contributed by atoms with Gasteiger partial charge in [-0.2, -0.15) is 0 Å². The van der Waals surface area contributed by atoms with Gasteiger partial charge in [0.15, 0.2) is 0 Å². The van der Waals surface area contributed by atoms with E-state index in [9.17, 15) is 0 Å². The highest BCUT2D eigenvalue weighted by atomic mass is 31.1. The number of aromatic nitrogens is 1. The summed E-state index contributed by atoms with van der Waals surface area (Å²) in [5.74, 6) is 0. The molecule has 0 N–H and O–H groups in total. The van der Waals surface area contributed by atoms with Gasteiger partial charge in [-0.15, -0.1) is 0 Å². The molecule has 1 heterocycles. The van der Waals surface area contributed by atoms with E-state index in [-0.39, 0.29) is 13.1 Å². The minimum atomic E-state index is -0.332. The van der Waals surface area contributed by atoms with Crippen LogP contribution in [0.2, 0.25) is 0 Å². The molecule has 2 heteroatoms. The molecule has 1 nitrogen and oxygen atoms in total. The van der Waals surface area contributed by atoms with Gasteiger partial charge in [0.1, 0.15) is 0 Å². The molecule has 1 aromatic heterocycles. The van der Waals surface area contributed by atoms with Gasteiger partial charge >= 0.3 is 0 Å². The maximum Gasteiger partial charge on any atom is 0.0274 e. The fourth-order valence-electron chi connectivity index (χ4n) is 1.99. The van der Waals surface area contributed by atoms with Gasteiger partial charge in [-0.1, -0.05) is 51.1 Å². The molecule has 2 aromatic rings. The summed E-state index contributed by atoms with van der Waals surface area (Å²) in [7, 11) is -0.332. The van der Waals surface area contributed by atoms with Gasteiger partial charge in [-0.05, 0) is 35.8 Å². The highest BCUT2D eigenvalue weighted by molar-refractivity contribution is 7.74. The Morgan fingerprint density at radius 3 is 1.88 bits per heavy atom. The highest BCUT2D eigenvalue weighted by Gasteiger charge is 2.27. The number of nitrogens with zero attached hydrogens (tertiary/aromatic N) is 1. The Kier molecular flexibility index (Phi) is 3.59. The second-order valence-electron chi connectivity index (χ2n) is 5.05. The normalized spacial score (nSPS) is 13.4. The lowest BCUT2D eigenvalue weighted by molar-refractivity contribution is 0.793. The molecular weight excluding hydrogens is 225 g/mol. The van der Waals surface area contributed by atoms with E-state index in [0.29, 0.717) is 0 Å². The molecule has 0 saturated heterocycles. The van der Waals surface area contributed by atoms with Crippen molar-refractivity contribution in [3.8, 4) is 0 Å². The number of benzene rings is 1. The SMILES string of the molecule is CC(C)(C)P(c1ccccc1)c1ccncc1. The van der Waals surface area contributed by atoms with E-state index in [0.717, 1.165) is 0 Å². The second kappa shape index (κ2) is 4.98. The van der Waals surface area contributed by atoms with Crippen LogP contribution in [0, 0.1) is 0 Å². The van der Waals surface area contributed by atoms with Crippen molar-refractivity contribution in [3.63, 3.8) is 0 Å². The smallest absolute Gasteiger partial charge is 0.0274 e. The summed E-state index contributed by atoms with van der Waals surface area (Å²) >= 11 is 0. The first-order valence-electron chi connectivity index (χ1n) is 5.84. The van der Waals surface area contributed by atoms with Crippen LogP contribution >= 0.6 is 7.92 Å². The summed E-state index contributed by atoms with van der Waals surface area (Å²) in [6, 6.07) is 15.1. The number of hydrogen-bond donors (Lipinski definition) is 0. The van der Waals surface area contributed by atoms with Gasteiger partial charge in [-0.25, -0.2) is 0 Å². The van der Waals surface area contributed by atoms with Gasteiger partial charge in [-0.3, -0.25) is 4.98 Å². The summed E-state index contributed by atoms with van der Waals surface area (Å²) in [5, 5.41) is 3.09. The van der Waals surface area contributed by atoms with E-state index < -0.39 is 0 Å². The van der Waals surface area contributed by atoms with Gasteiger partial charge in [0.05, 0.1) is 0 Å². The molecular formula is C15H18NP. The minimum Gasteiger partial charge on any atom is -0.265 e. The molecule has 88 valence electrons. The van der Waals surface area contributed by atoms with Crippen LogP contribution in [0.4, 0.5) is 0 Å². The van der Waals surface area contributed by atoms with E-state index in [1.54, 1.807) is 0 Å². The van der Waals surface area contributed by atoms with Gasteiger partial charge < -0.3 is 0 Å². The van der Waals surface area contributed by atoms with Crippen LogP contribution in [0.15, 0.2) is 54.9 Å². The van der Waals surface area contributed by atoms with E-state index in [1.807, 2.05) is 12.4 Å². The second-order valence-corrected chi connectivity index (χ2v) is 8.09. The largest absolute Gasteiger partial charge is 0.265 e. The zero-order chi connectivity index (χ0) is 12.3. The van der Waals surface area contributed by atoms with Gasteiger partial charge in [0.25, 0.3) is 0 Å². The predicted octanol–water partition coefficient (Wildman–Crippen LogP) is 3.31. The quantitative estimate of drug-likeness (QED) is 0.737. The molecule has 0 aliphatic rings. The van der Waals surface area contributed by atoms with Crippen LogP contribution in [0.1, 0.15) is 20.8 Å².